The van der Waals surface area contributed by atoms with E-state index in [-0.39, 0.29) is 5.56 Å². The fourth-order valence-electron chi connectivity index (χ4n) is 1.90. The Labute approximate surface area is 143 Å². The molecule has 1 N–H and O–H groups in total. The van der Waals surface area contributed by atoms with Crippen molar-refractivity contribution in [3.63, 3.8) is 0 Å². The molecule has 104 valence electrons. The first-order valence-electron chi connectivity index (χ1n) is 6.30. The summed E-state index contributed by atoms with van der Waals surface area (Å²) >= 11 is 7.21. The highest BCUT2D eigenvalue weighted by molar-refractivity contribution is 14.1. The highest BCUT2D eigenvalue weighted by Crippen LogP contribution is 2.40. The lowest BCUT2D eigenvalue weighted by Crippen LogP contribution is -2.17. The summed E-state index contributed by atoms with van der Waals surface area (Å²) in [5.74, 6) is 1.96. The third-order valence-corrected chi connectivity index (χ3v) is 5.69. The van der Waals surface area contributed by atoms with Gasteiger partial charge in [0, 0.05) is 15.3 Å². The molecule has 3 nitrogen and oxygen atoms in total. The van der Waals surface area contributed by atoms with Crippen molar-refractivity contribution in [3.05, 3.63) is 54.2 Å². The van der Waals surface area contributed by atoms with Gasteiger partial charge in [-0.05, 0) is 59.7 Å². The Balaban J connectivity index is 1.77. The number of hydrogen-bond donors (Lipinski definition) is 1. The quantitative estimate of drug-likeness (QED) is 0.544. The smallest absolute Gasteiger partial charge is 0.264 e. The van der Waals surface area contributed by atoms with E-state index in [0.29, 0.717) is 11.7 Å². The fraction of sp³-hybridized carbons (Fsp3) is 0.286. The van der Waals surface area contributed by atoms with Crippen LogP contribution in [-0.2, 0) is 5.75 Å². The average molecular weight is 463 g/mol. The van der Waals surface area contributed by atoms with Crippen molar-refractivity contribution in [1.82, 2.24) is 9.97 Å². The maximum absolute atomic E-state index is 11.9. The molecule has 1 aliphatic carbocycles. The maximum Gasteiger partial charge on any atom is 0.264 e. The molecule has 0 aliphatic heterocycles. The molecule has 0 spiro atoms. The predicted octanol–water partition coefficient (Wildman–Crippen LogP) is 4.31. The summed E-state index contributed by atoms with van der Waals surface area (Å²) in [4.78, 5) is 20.6. The SMILES string of the molecule is O=c1[nH]c(CSc2ccc(Br)cc2)nc(C2CC2)c1I. The van der Waals surface area contributed by atoms with Gasteiger partial charge in [0.25, 0.3) is 5.56 Å². The minimum absolute atomic E-state index is 0.00564. The van der Waals surface area contributed by atoms with E-state index in [9.17, 15) is 4.79 Å². The number of rotatable bonds is 4. The number of nitrogens with one attached hydrogen (secondary N) is 1. The Bertz CT molecular complexity index is 683. The van der Waals surface area contributed by atoms with Crippen LogP contribution in [0.3, 0.4) is 0 Å². The number of thioether (sulfide) groups is 1. The molecular weight excluding hydrogens is 451 g/mol. The molecular formula is C14H12BrIN2OS. The summed E-state index contributed by atoms with van der Waals surface area (Å²) in [6, 6.07) is 8.15. The van der Waals surface area contributed by atoms with E-state index < -0.39 is 0 Å². The monoisotopic (exact) mass is 462 g/mol. The van der Waals surface area contributed by atoms with Crippen LogP contribution in [0.1, 0.15) is 30.3 Å². The number of halogens is 2. The summed E-state index contributed by atoms with van der Waals surface area (Å²) in [6.45, 7) is 0. The lowest BCUT2D eigenvalue weighted by Gasteiger charge is -2.06. The molecule has 0 unspecified atom stereocenters. The maximum atomic E-state index is 11.9. The third-order valence-electron chi connectivity index (χ3n) is 3.09. The molecule has 2 aromatic rings. The van der Waals surface area contributed by atoms with E-state index in [2.05, 4.69) is 60.6 Å². The summed E-state index contributed by atoms with van der Waals surface area (Å²) in [5, 5.41) is 0. The fourth-order valence-corrected chi connectivity index (χ4v) is 3.63. The van der Waals surface area contributed by atoms with E-state index in [1.54, 1.807) is 11.8 Å². The average Bonchev–Trinajstić information content (AvgIpc) is 3.26. The van der Waals surface area contributed by atoms with E-state index in [0.717, 1.165) is 32.4 Å². The zero-order valence-corrected chi connectivity index (χ0v) is 15.1. The van der Waals surface area contributed by atoms with Gasteiger partial charge in [0.1, 0.15) is 5.82 Å². The van der Waals surface area contributed by atoms with Crippen LogP contribution in [0.5, 0.6) is 0 Å². The van der Waals surface area contributed by atoms with Gasteiger partial charge in [0.15, 0.2) is 0 Å². The zero-order valence-electron chi connectivity index (χ0n) is 10.5. The van der Waals surface area contributed by atoms with E-state index in [1.807, 2.05) is 12.1 Å². The van der Waals surface area contributed by atoms with Gasteiger partial charge >= 0.3 is 0 Å². The van der Waals surface area contributed by atoms with Crippen molar-refractivity contribution < 1.29 is 0 Å². The highest BCUT2D eigenvalue weighted by Gasteiger charge is 2.28. The standard InChI is InChI=1S/C14H12BrIN2OS/c15-9-3-5-10(6-4-9)20-7-11-17-13(8-1-2-8)12(16)14(19)18-11/h3-6,8H,1-2,7H2,(H,17,18,19). The molecule has 6 heteroatoms. The third kappa shape index (κ3) is 3.46. The number of H-pyrrole nitrogens is 1. The van der Waals surface area contributed by atoms with Gasteiger partial charge in [-0.25, -0.2) is 4.98 Å². The van der Waals surface area contributed by atoms with Crippen LogP contribution in [0.15, 0.2) is 38.4 Å². The predicted molar refractivity (Wildman–Crippen MR) is 93.3 cm³/mol. The van der Waals surface area contributed by atoms with E-state index in [1.165, 1.54) is 4.90 Å². The van der Waals surface area contributed by atoms with E-state index in [4.69, 9.17) is 0 Å². The molecule has 0 amide bonds. The lowest BCUT2D eigenvalue weighted by atomic mass is 10.3. The highest BCUT2D eigenvalue weighted by atomic mass is 127. The molecule has 20 heavy (non-hydrogen) atoms. The molecule has 3 rings (SSSR count). The summed E-state index contributed by atoms with van der Waals surface area (Å²) in [5.41, 5.74) is 0.981. The Morgan fingerprint density at radius 2 is 2.05 bits per heavy atom. The van der Waals surface area contributed by atoms with Gasteiger partial charge < -0.3 is 4.98 Å². The Hall–Kier alpha value is -0.340. The second kappa shape index (κ2) is 6.19. The molecule has 1 saturated carbocycles. The van der Waals surface area contributed by atoms with Gasteiger partial charge in [0.05, 0.1) is 15.0 Å². The minimum Gasteiger partial charge on any atom is -0.309 e. The van der Waals surface area contributed by atoms with Gasteiger partial charge in [0.2, 0.25) is 0 Å². The topological polar surface area (TPSA) is 45.8 Å². The molecule has 1 aromatic carbocycles. The molecule has 1 fully saturated rings. The van der Waals surface area contributed by atoms with Crippen LogP contribution in [0, 0.1) is 3.57 Å². The van der Waals surface area contributed by atoms with Crippen LogP contribution in [0.25, 0.3) is 0 Å². The van der Waals surface area contributed by atoms with Crippen molar-refractivity contribution in [1.29, 1.82) is 0 Å². The van der Waals surface area contributed by atoms with Crippen molar-refractivity contribution >= 4 is 50.3 Å². The van der Waals surface area contributed by atoms with Crippen molar-refractivity contribution in [3.8, 4) is 0 Å². The number of benzene rings is 1. The molecule has 1 aliphatic rings. The summed E-state index contributed by atoms with van der Waals surface area (Å²) < 4.78 is 1.82. The first-order chi connectivity index (χ1) is 9.63. The van der Waals surface area contributed by atoms with Crippen molar-refractivity contribution in [2.45, 2.75) is 29.4 Å². The molecule has 0 radical (unpaired) electrons. The zero-order chi connectivity index (χ0) is 14.1. The van der Waals surface area contributed by atoms with Crippen LogP contribution in [-0.4, -0.2) is 9.97 Å². The molecule has 0 atom stereocenters. The second-order valence-corrected chi connectivity index (χ2v) is 7.77. The first kappa shape index (κ1) is 14.6. The Morgan fingerprint density at radius 3 is 2.70 bits per heavy atom. The molecule has 1 aromatic heterocycles. The summed E-state index contributed by atoms with van der Waals surface area (Å²) in [7, 11) is 0. The Kier molecular flexibility index (Phi) is 4.52. The van der Waals surface area contributed by atoms with Crippen LogP contribution >= 0.6 is 50.3 Å². The van der Waals surface area contributed by atoms with Gasteiger partial charge in [-0.1, -0.05) is 15.9 Å². The van der Waals surface area contributed by atoms with Gasteiger partial charge in [-0.15, -0.1) is 11.8 Å². The van der Waals surface area contributed by atoms with Gasteiger partial charge in [-0.2, -0.15) is 0 Å². The number of nitrogens with zero attached hydrogens (tertiary/aromatic N) is 1. The molecule has 0 saturated heterocycles. The minimum atomic E-state index is -0.00564. The van der Waals surface area contributed by atoms with E-state index >= 15 is 0 Å². The van der Waals surface area contributed by atoms with Crippen molar-refractivity contribution in [2.24, 2.45) is 0 Å². The van der Waals surface area contributed by atoms with Crippen LogP contribution < -0.4 is 5.56 Å². The van der Waals surface area contributed by atoms with Crippen LogP contribution in [0.2, 0.25) is 0 Å². The number of hydrogen-bond acceptors (Lipinski definition) is 3. The summed E-state index contributed by atoms with van der Waals surface area (Å²) in [6.07, 6.45) is 2.32. The number of aromatic nitrogens is 2. The number of aromatic amines is 1. The second-order valence-electron chi connectivity index (χ2n) is 4.73. The first-order valence-corrected chi connectivity index (χ1v) is 9.16. The van der Waals surface area contributed by atoms with Gasteiger partial charge in [-0.3, -0.25) is 4.79 Å². The molecule has 1 heterocycles. The Morgan fingerprint density at radius 1 is 1.35 bits per heavy atom. The largest absolute Gasteiger partial charge is 0.309 e. The lowest BCUT2D eigenvalue weighted by molar-refractivity contribution is 0.897. The normalized spacial score (nSPS) is 14.5. The molecule has 0 bridgehead atoms. The van der Waals surface area contributed by atoms with Crippen molar-refractivity contribution in [2.75, 3.05) is 0 Å². The van der Waals surface area contributed by atoms with Crippen LogP contribution in [0.4, 0.5) is 0 Å².